The van der Waals surface area contributed by atoms with E-state index in [1.54, 1.807) is 11.1 Å². The number of nitrogens with zero attached hydrogens (tertiary/aromatic N) is 3. The first kappa shape index (κ1) is 12.9. The maximum atomic E-state index is 10.9. The summed E-state index contributed by atoms with van der Waals surface area (Å²) in [4.78, 5) is 16.4. The number of anilines is 1. The molecule has 0 fully saturated rings. The van der Waals surface area contributed by atoms with Crippen LogP contribution in [0.4, 0.5) is 11.5 Å². The number of hydrogen-bond acceptors (Lipinski definition) is 4. The molecule has 1 aromatic heterocycles. The van der Waals surface area contributed by atoms with E-state index in [0.29, 0.717) is 16.2 Å². The molecule has 1 aromatic rings. The van der Waals surface area contributed by atoms with Crippen LogP contribution in [0.5, 0.6) is 0 Å². The van der Waals surface area contributed by atoms with Crippen LogP contribution in [0, 0.1) is 16.0 Å². The fourth-order valence-electron chi connectivity index (χ4n) is 1.48. The molecular weight excluding hydrogens is 274 g/mol. The predicted octanol–water partition coefficient (Wildman–Crippen LogP) is 2.84. The van der Waals surface area contributed by atoms with Gasteiger partial charge in [-0.05, 0) is 21.8 Å². The first-order chi connectivity index (χ1) is 7.41. The Kier molecular flexibility index (Phi) is 4.23. The van der Waals surface area contributed by atoms with E-state index in [1.165, 1.54) is 6.07 Å². The van der Waals surface area contributed by atoms with Gasteiger partial charge in [0.25, 0.3) is 0 Å². The van der Waals surface area contributed by atoms with Crippen molar-refractivity contribution in [1.82, 2.24) is 4.98 Å². The average Bonchev–Trinajstić information content (AvgIpc) is 2.16. The van der Waals surface area contributed by atoms with Gasteiger partial charge in [0, 0.05) is 30.3 Å². The number of halogens is 1. The predicted molar refractivity (Wildman–Crippen MR) is 66.7 cm³/mol. The molecule has 5 nitrogen and oxygen atoms in total. The lowest BCUT2D eigenvalue weighted by atomic mass is 10.2. The smallest absolute Gasteiger partial charge is 0.312 e. The van der Waals surface area contributed by atoms with Crippen molar-refractivity contribution in [3.8, 4) is 0 Å². The number of pyridine rings is 1. The van der Waals surface area contributed by atoms with Gasteiger partial charge in [-0.2, -0.15) is 0 Å². The van der Waals surface area contributed by atoms with Gasteiger partial charge < -0.3 is 4.90 Å². The third-order valence-electron chi connectivity index (χ3n) is 2.01. The molecule has 0 bridgehead atoms. The van der Waals surface area contributed by atoms with Crippen LogP contribution >= 0.6 is 15.9 Å². The van der Waals surface area contributed by atoms with Gasteiger partial charge in [0.2, 0.25) is 5.82 Å². The maximum Gasteiger partial charge on any atom is 0.312 e. The normalized spacial score (nSPS) is 10.6. The minimum absolute atomic E-state index is 0.0255. The molecule has 16 heavy (non-hydrogen) atoms. The zero-order valence-electron chi connectivity index (χ0n) is 9.48. The summed E-state index contributed by atoms with van der Waals surface area (Å²) in [6.07, 6.45) is 1.57. The Labute approximate surface area is 103 Å². The number of hydrogen-bond donors (Lipinski definition) is 0. The molecule has 88 valence electrons. The highest BCUT2D eigenvalue weighted by Gasteiger charge is 2.19. The van der Waals surface area contributed by atoms with Crippen LogP contribution in [0.2, 0.25) is 0 Å². The topological polar surface area (TPSA) is 59.3 Å². The number of aromatic nitrogens is 1. The van der Waals surface area contributed by atoms with Gasteiger partial charge in [0.1, 0.15) is 0 Å². The minimum atomic E-state index is -0.413. The Morgan fingerprint density at radius 3 is 2.75 bits per heavy atom. The van der Waals surface area contributed by atoms with Crippen LogP contribution in [0.1, 0.15) is 13.8 Å². The quantitative estimate of drug-likeness (QED) is 0.631. The van der Waals surface area contributed by atoms with Crippen molar-refractivity contribution in [2.24, 2.45) is 5.92 Å². The number of rotatable bonds is 4. The summed E-state index contributed by atoms with van der Waals surface area (Å²) in [5.41, 5.74) is 0.0255. The van der Waals surface area contributed by atoms with Gasteiger partial charge in [0.05, 0.1) is 4.92 Å². The Morgan fingerprint density at radius 1 is 1.62 bits per heavy atom. The van der Waals surface area contributed by atoms with Gasteiger partial charge in [-0.3, -0.25) is 10.1 Å². The summed E-state index contributed by atoms with van der Waals surface area (Å²) in [6.45, 7) is 4.85. The van der Waals surface area contributed by atoms with Gasteiger partial charge in [-0.15, -0.1) is 0 Å². The van der Waals surface area contributed by atoms with Crippen LogP contribution < -0.4 is 4.90 Å². The lowest BCUT2D eigenvalue weighted by Gasteiger charge is -2.19. The molecule has 1 heterocycles. The molecule has 0 aliphatic rings. The minimum Gasteiger partial charge on any atom is -0.354 e. The van der Waals surface area contributed by atoms with E-state index in [4.69, 9.17) is 0 Å². The third-order valence-corrected chi connectivity index (χ3v) is 2.44. The van der Waals surface area contributed by atoms with E-state index in [1.807, 2.05) is 7.05 Å². The van der Waals surface area contributed by atoms with E-state index >= 15 is 0 Å². The first-order valence-electron chi connectivity index (χ1n) is 4.93. The highest BCUT2D eigenvalue weighted by Crippen LogP contribution is 2.28. The highest BCUT2D eigenvalue weighted by atomic mass is 79.9. The lowest BCUT2D eigenvalue weighted by molar-refractivity contribution is -0.384. The van der Waals surface area contributed by atoms with Crippen molar-refractivity contribution in [3.05, 3.63) is 26.9 Å². The van der Waals surface area contributed by atoms with Crippen molar-refractivity contribution >= 4 is 27.4 Å². The monoisotopic (exact) mass is 287 g/mol. The standard InChI is InChI=1S/C10H14BrN3O2/c1-7(2)6-13(3)10-9(14(15)16)4-8(11)5-12-10/h4-5,7H,6H2,1-3H3. The second-order valence-electron chi connectivity index (χ2n) is 4.03. The summed E-state index contributed by atoms with van der Waals surface area (Å²) in [5, 5.41) is 10.9. The zero-order valence-corrected chi connectivity index (χ0v) is 11.1. The molecule has 0 radical (unpaired) electrons. The molecule has 0 unspecified atom stereocenters. The Hall–Kier alpha value is -1.17. The molecular formula is C10H14BrN3O2. The molecule has 0 amide bonds. The van der Waals surface area contributed by atoms with E-state index in [9.17, 15) is 10.1 Å². The highest BCUT2D eigenvalue weighted by molar-refractivity contribution is 9.10. The van der Waals surface area contributed by atoms with Crippen LogP contribution in [0.3, 0.4) is 0 Å². The molecule has 0 aliphatic carbocycles. The maximum absolute atomic E-state index is 10.9. The van der Waals surface area contributed by atoms with Crippen LogP contribution in [0.15, 0.2) is 16.7 Å². The van der Waals surface area contributed by atoms with Gasteiger partial charge in [-0.25, -0.2) is 4.98 Å². The SMILES string of the molecule is CC(C)CN(C)c1ncc(Br)cc1[N+](=O)[O-]. The van der Waals surface area contributed by atoms with Crippen LogP contribution in [0.25, 0.3) is 0 Å². The Bertz CT molecular complexity index is 396. The van der Waals surface area contributed by atoms with Gasteiger partial charge >= 0.3 is 5.69 Å². The van der Waals surface area contributed by atoms with Gasteiger partial charge in [-0.1, -0.05) is 13.8 Å². The summed E-state index contributed by atoms with van der Waals surface area (Å²) < 4.78 is 0.612. The summed E-state index contributed by atoms with van der Waals surface area (Å²) in [5.74, 6) is 0.831. The van der Waals surface area contributed by atoms with Crippen molar-refractivity contribution in [3.63, 3.8) is 0 Å². The molecule has 6 heteroatoms. The molecule has 0 aliphatic heterocycles. The van der Waals surface area contributed by atoms with Crippen molar-refractivity contribution in [1.29, 1.82) is 0 Å². The summed E-state index contributed by atoms with van der Waals surface area (Å²) in [7, 11) is 1.81. The van der Waals surface area contributed by atoms with E-state index in [2.05, 4.69) is 34.8 Å². The molecule has 0 saturated carbocycles. The van der Waals surface area contributed by atoms with E-state index in [-0.39, 0.29) is 5.69 Å². The van der Waals surface area contributed by atoms with Crippen molar-refractivity contribution in [2.75, 3.05) is 18.5 Å². The third kappa shape index (κ3) is 3.16. The zero-order chi connectivity index (χ0) is 12.3. The largest absolute Gasteiger partial charge is 0.354 e. The number of nitro groups is 1. The first-order valence-corrected chi connectivity index (χ1v) is 5.72. The molecule has 0 atom stereocenters. The van der Waals surface area contributed by atoms with Crippen molar-refractivity contribution < 1.29 is 4.92 Å². The molecule has 1 rings (SSSR count). The molecule has 0 spiro atoms. The summed E-state index contributed by atoms with van der Waals surface area (Å²) in [6, 6.07) is 1.47. The van der Waals surface area contributed by atoms with Crippen molar-refractivity contribution in [2.45, 2.75) is 13.8 Å². The van der Waals surface area contributed by atoms with E-state index in [0.717, 1.165) is 6.54 Å². The average molecular weight is 288 g/mol. The molecule has 0 saturated heterocycles. The fraction of sp³-hybridized carbons (Fsp3) is 0.500. The lowest BCUT2D eigenvalue weighted by Crippen LogP contribution is -2.24. The van der Waals surface area contributed by atoms with Crippen LogP contribution in [-0.4, -0.2) is 23.5 Å². The second-order valence-corrected chi connectivity index (χ2v) is 4.94. The Morgan fingerprint density at radius 2 is 2.25 bits per heavy atom. The van der Waals surface area contributed by atoms with E-state index < -0.39 is 4.92 Å². The Balaban J connectivity index is 3.07. The molecule has 0 aromatic carbocycles. The van der Waals surface area contributed by atoms with Gasteiger partial charge in [0.15, 0.2) is 0 Å². The van der Waals surface area contributed by atoms with Crippen LogP contribution in [-0.2, 0) is 0 Å². The second kappa shape index (κ2) is 5.25. The fourth-order valence-corrected chi connectivity index (χ4v) is 1.80. The molecule has 0 N–H and O–H groups in total. The summed E-state index contributed by atoms with van der Waals surface area (Å²) >= 11 is 3.18.